The first-order valence-electron chi connectivity index (χ1n) is 5.81. The summed E-state index contributed by atoms with van der Waals surface area (Å²) >= 11 is 0. The molecule has 0 aliphatic rings. The van der Waals surface area contributed by atoms with Gasteiger partial charge in [0.1, 0.15) is 17.2 Å². The smallest absolute Gasteiger partial charge is 0.323 e. The normalized spacial score (nSPS) is 14.2. The number of hydrogen-bond donors (Lipinski definition) is 2. The third-order valence-corrected chi connectivity index (χ3v) is 2.91. The Morgan fingerprint density at radius 2 is 2.11 bits per heavy atom. The Labute approximate surface area is 105 Å². The van der Waals surface area contributed by atoms with Crippen LogP contribution in [0.25, 0.3) is 0 Å². The molecule has 0 spiro atoms. The predicted octanol–water partition coefficient (Wildman–Crippen LogP) is 2.70. The maximum Gasteiger partial charge on any atom is 0.323 e. The summed E-state index contributed by atoms with van der Waals surface area (Å²) in [6, 6.07) is 3.25. The molecule has 1 atom stereocenters. The van der Waals surface area contributed by atoms with Crippen molar-refractivity contribution in [1.82, 2.24) is 5.32 Å². The molecule has 0 aromatic heterocycles. The summed E-state index contributed by atoms with van der Waals surface area (Å²) in [7, 11) is 0. The Kier molecular flexibility index (Phi) is 4.78. The molecule has 1 rings (SSSR count). The van der Waals surface area contributed by atoms with Crippen LogP contribution in [0.3, 0.4) is 0 Å². The molecule has 0 aliphatic heterocycles. The first kappa shape index (κ1) is 14.6. The molecular weight excluding hydrogens is 240 g/mol. The molecule has 1 unspecified atom stereocenters. The second-order valence-corrected chi connectivity index (χ2v) is 4.48. The fourth-order valence-electron chi connectivity index (χ4n) is 1.73. The van der Waals surface area contributed by atoms with Gasteiger partial charge in [-0.1, -0.05) is 19.4 Å². The average Bonchev–Trinajstić information content (AvgIpc) is 2.28. The number of nitrogens with one attached hydrogen (secondary N) is 1. The van der Waals surface area contributed by atoms with Crippen LogP contribution in [0, 0.1) is 11.6 Å². The molecule has 0 fully saturated rings. The fraction of sp³-hybridized carbons (Fsp3) is 0.462. The van der Waals surface area contributed by atoms with Crippen molar-refractivity contribution in [1.29, 1.82) is 0 Å². The van der Waals surface area contributed by atoms with Crippen molar-refractivity contribution < 1.29 is 18.7 Å². The lowest BCUT2D eigenvalue weighted by atomic mass is 9.96. The highest BCUT2D eigenvalue weighted by atomic mass is 19.1. The van der Waals surface area contributed by atoms with Crippen LogP contribution < -0.4 is 5.32 Å². The number of carbonyl (C=O) groups is 1. The van der Waals surface area contributed by atoms with Gasteiger partial charge in [-0.05, 0) is 19.4 Å². The van der Waals surface area contributed by atoms with Crippen LogP contribution in [0.2, 0.25) is 0 Å². The number of benzene rings is 1. The molecule has 0 bridgehead atoms. The Morgan fingerprint density at radius 1 is 1.44 bits per heavy atom. The second-order valence-electron chi connectivity index (χ2n) is 4.48. The Bertz CT molecular complexity index is 437. The largest absolute Gasteiger partial charge is 0.480 e. The van der Waals surface area contributed by atoms with E-state index in [1.807, 2.05) is 6.92 Å². The minimum absolute atomic E-state index is 0.0505. The quantitative estimate of drug-likeness (QED) is 0.823. The Hall–Kier alpha value is -1.49. The first-order chi connectivity index (χ1) is 8.39. The van der Waals surface area contributed by atoms with E-state index in [1.165, 1.54) is 6.07 Å². The molecule has 0 aliphatic carbocycles. The number of aliphatic carboxylic acids is 1. The van der Waals surface area contributed by atoms with E-state index in [-0.39, 0.29) is 12.1 Å². The molecule has 5 heteroatoms. The summed E-state index contributed by atoms with van der Waals surface area (Å²) in [5.74, 6) is -2.30. The maximum atomic E-state index is 13.4. The zero-order valence-electron chi connectivity index (χ0n) is 10.5. The minimum Gasteiger partial charge on any atom is -0.480 e. The van der Waals surface area contributed by atoms with Gasteiger partial charge in [-0.2, -0.15) is 0 Å². The van der Waals surface area contributed by atoms with Crippen molar-refractivity contribution in [2.24, 2.45) is 0 Å². The molecular formula is C13H17F2NO2. The van der Waals surface area contributed by atoms with Crippen LogP contribution >= 0.6 is 0 Å². The second kappa shape index (κ2) is 5.91. The van der Waals surface area contributed by atoms with E-state index < -0.39 is 23.1 Å². The van der Waals surface area contributed by atoms with Gasteiger partial charge in [-0.15, -0.1) is 0 Å². The standard InChI is InChI=1S/C13H17F2NO2/c1-3-6-13(2,12(17)18)16-8-9-4-5-10(14)7-11(9)15/h4-5,7,16H,3,6,8H2,1-2H3,(H,17,18). The predicted molar refractivity (Wildman–Crippen MR) is 64.1 cm³/mol. The van der Waals surface area contributed by atoms with Crippen molar-refractivity contribution in [2.45, 2.75) is 38.8 Å². The average molecular weight is 257 g/mol. The van der Waals surface area contributed by atoms with Gasteiger partial charge in [-0.3, -0.25) is 10.1 Å². The van der Waals surface area contributed by atoms with Crippen LogP contribution in [0.15, 0.2) is 18.2 Å². The van der Waals surface area contributed by atoms with Crippen molar-refractivity contribution in [3.8, 4) is 0 Å². The number of carboxylic acid groups (broad SMARTS) is 1. The first-order valence-corrected chi connectivity index (χ1v) is 5.81. The molecule has 2 N–H and O–H groups in total. The molecule has 1 aromatic carbocycles. The summed E-state index contributed by atoms with van der Waals surface area (Å²) in [5.41, 5.74) is -0.852. The number of hydrogen-bond acceptors (Lipinski definition) is 2. The van der Waals surface area contributed by atoms with E-state index in [1.54, 1.807) is 6.92 Å². The summed E-state index contributed by atoms with van der Waals surface area (Å²) < 4.78 is 26.1. The van der Waals surface area contributed by atoms with Gasteiger partial charge in [0.2, 0.25) is 0 Å². The molecule has 100 valence electrons. The highest BCUT2D eigenvalue weighted by Crippen LogP contribution is 2.15. The highest BCUT2D eigenvalue weighted by Gasteiger charge is 2.31. The van der Waals surface area contributed by atoms with Gasteiger partial charge in [-0.25, -0.2) is 8.78 Å². The van der Waals surface area contributed by atoms with Crippen molar-refractivity contribution in [3.05, 3.63) is 35.4 Å². The maximum absolute atomic E-state index is 13.4. The molecule has 1 aromatic rings. The molecule has 18 heavy (non-hydrogen) atoms. The molecule has 0 saturated carbocycles. The molecule has 3 nitrogen and oxygen atoms in total. The third kappa shape index (κ3) is 3.50. The van der Waals surface area contributed by atoms with Gasteiger partial charge in [0.15, 0.2) is 0 Å². The third-order valence-electron chi connectivity index (χ3n) is 2.91. The molecule has 0 amide bonds. The van der Waals surface area contributed by atoms with Gasteiger partial charge in [0, 0.05) is 18.2 Å². The van der Waals surface area contributed by atoms with E-state index >= 15 is 0 Å². The van der Waals surface area contributed by atoms with E-state index in [0.717, 1.165) is 12.1 Å². The number of halogens is 2. The van der Waals surface area contributed by atoms with E-state index in [2.05, 4.69) is 5.32 Å². The molecule has 0 saturated heterocycles. The van der Waals surface area contributed by atoms with E-state index in [0.29, 0.717) is 12.8 Å². The monoisotopic (exact) mass is 257 g/mol. The van der Waals surface area contributed by atoms with Gasteiger partial charge >= 0.3 is 5.97 Å². The Morgan fingerprint density at radius 3 is 2.61 bits per heavy atom. The zero-order valence-corrected chi connectivity index (χ0v) is 10.5. The van der Waals surface area contributed by atoms with E-state index in [9.17, 15) is 13.6 Å². The number of rotatable bonds is 6. The Balaban J connectivity index is 2.76. The summed E-state index contributed by atoms with van der Waals surface area (Å²) in [6.07, 6.45) is 1.13. The lowest BCUT2D eigenvalue weighted by Gasteiger charge is -2.26. The number of carboxylic acids is 1. The fourth-order valence-corrected chi connectivity index (χ4v) is 1.73. The van der Waals surface area contributed by atoms with Crippen LogP contribution in [0.1, 0.15) is 32.3 Å². The van der Waals surface area contributed by atoms with Gasteiger partial charge in [0.25, 0.3) is 0 Å². The zero-order chi connectivity index (χ0) is 13.8. The van der Waals surface area contributed by atoms with Crippen LogP contribution in [-0.2, 0) is 11.3 Å². The van der Waals surface area contributed by atoms with Crippen molar-refractivity contribution in [3.63, 3.8) is 0 Å². The van der Waals surface area contributed by atoms with Crippen molar-refractivity contribution >= 4 is 5.97 Å². The van der Waals surface area contributed by atoms with Gasteiger partial charge < -0.3 is 5.11 Å². The highest BCUT2D eigenvalue weighted by molar-refractivity contribution is 5.78. The van der Waals surface area contributed by atoms with Crippen LogP contribution in [0.5, 0.6) is 0 Å². The van der Waals surface area contributed by atoms with Crippen LogP contribution in [-0.4, -0.2) is 16.6 Å². The summed E-state index contributed by atoms with van der Waals surface area (Å²) in [4.78, 5) is 11.2. The van der Waals surface area contributed by atoms with Crippen molar-refractivity contribution in [2.75, 3.05) is 0 Å². The summed E-state index contributed by atoms with van der Waals surface area (Å²) in [5, 5.41) is 11.9. The van der Waals surface area contributed by atoms with E-state index in [4.69, 9.17) is 5.11 Å². The van der Waals surface area contributed by atoms with Crippen LogP contribution in [0.4, 0.5) is 8.78 Å². The lowest BCUT2D eigenvalue weighted by molar-refractivity contribution is -0.144. The summed E-state index contributed by atoms with van der Waals surface area (Å²) in [6.45, 7) is 3.48. The molecule has 0 radical (unpaired) electrons. The SMILES string of the molecule is CCCC(C)(NCc1ccc(F)cc1F)C(=O)O. The van der Waals surface area contributed by atoms with Gasteiger partial charge in [0.05, 0.1) is 0 Å². The minimum atomic E-state index is -1.10. The lowest BCUT2D eigenvalue weighted by Crippen LogP contribution is -2.49. The topological polar surface area (TPSA) is 49.3 Å². The molecule has 0 heterocycles.